The average molecular weight is 607 g/mol. The van der Waals surface area contributed by atoms with Gasteiger partial charge in [0.2, 0.25) is 0 Å². The molecule has 230 valence electrons. The van der Waals surface area contributed by atoms with Crippen LogP contribution in [0.3, 0.4) is 0 Å². The van der Waals surface area contributed by atoms with Gasteiger partial charge in [0.05, 0.1) is 31.8 Å². The van der Waals surface area contributed by atoms with Crippen LogP contribution in [-0.4, -0.2) is 26.4 Å². The van der Waals surface area contributed by atoms with Gasteiger partial charge >= 0.3 is 17.2 Å². The van der Waals surface area contributed by atoms with Crippen LogP contribution in [0.4, 0.5) is 0 Å². The fraction of sp³-hybridized carbons (Fsp3) is 0.697. The minimum Gasteiger partial charge on any atom is -0.431 e. The van der Waals surface area contributed by atoms with Crippen molar-refractivity contribution in [3.05, 3.63) is 52.8 Å². The maximum atomic E-state index is 6.38. The first-order valence-electron chi connectivity index (χ1n) is 14.8. The lowest BCUT2D eigenvalue weighted by molar-refractivity contribution is -0.0706. The topological polar surface area (TPSA) is 55.4 Å². The van der Waals surface area contributed by atoms with Crippen molar-refractivity contribution in [2.24, 2.45) is 22.2 Å². The van der Waals surface area contributed by atoms with E-state index in [0.717, 1.165) is 23.5 Å². The Morgan fingerprint density at radius 2 is 1.22 bits per heavy atom. The van der Waals surface area contributed by atoms with E-state index in [9.17, 15) is 0 Å². The van der Waals surface area contributed by atoms with E-state index in [1.54, 1.807) is 0 Å². The van der Waals surface area contributed by atoms with Crippen molar-refractivity contribution in [1.29, 1.82) is 0 Å². The van der Waals surface area contributed by atoms with Crippen LogP contribution in [0.5, 0.6) is 5.75 Å². The molecule has 2 heterocycles. The summed E-state index contributed by atoms with van der Waals surface area (Å²) in [4.78, 5) is 0. The highest BCUT2D eigenvalue weighted by Gasteiger charge is 2.46. The van der Waals surface area contributed by atoms with E-state index in [1.165, 1.54) is 11.1 Å². The Balaban J connectivity index is 1.35. The maximum Gasteiger partial charge on any atom is 0.397 e. The van der Waals surface area contributed by atoms with Crippen molar-refractivity contribution in [3.63, 3.8) is 0 Å². The third kappa shape index (κ3) is 8.14. The second-order valence-corrected chi connectivity index (χ2v) is 18.4. The van der Waals surface area contributed by atoms with Crippen LogP contribution in [-0.2, 0) is 33.4 Å². The molecule has 0 amide bonds. The van der Waals surface area contributed by atoms with Gasteiger partial charge in [0.1, 0.15) is 11.5 Å². The van der Waals surface area contributed by atoms with E-state index in [0.29, 0.717) is 26.4 Å². The molecule has 2 fully saturated rings. The lowest BCUT2D eigenvalue weighted by Crippen LogP contribution is -2.45. The van der Waals surface area contributed by atoms with Crippen molar-refractivity contribution in [3.8, 4) is 5.75 Å². The molecule has 1 atom stereocenters. The normalized spacial score (nSPS) is 28.2. The van der Waals surface area contributed by atoms with Crippen molar-refractivity contribution in [1.82, 2.24) is 0 Å². The van der Waals surface area contributed by atoms with Gasteiger partial charge in [-0.25, -0.2) is 0 Å². The van der Waals surface area contributed by atoms with Gasteiger partial charge in [0.25, 0.3) is 0 Å². The first-order valence-corrected chi connectivity index (χ1v) is 17.0. The van der Waals surface area contributed by atoms with Crippen LogP contribution in [0.1, 0.15) is 101 Å². The van der Waals surface area contributed by atoms with E-state index < -0.39 is 17.2 Å². The Morgan fingerprint density at radius 3 is 1.68 bits per heavy atom. The lowest BCUT2D eigenvalue weighted by atomic mass is 9.70. The molecule has 0 bridgehead atoms. The summed E-state index contributed by atoms with van der Waals surface area (Å²) in [5, 5.41) is 0. The summed E-state index contributed by atoms with van der Waals surface area (Å²) in [5.74, 6) is 2.04. The van der Waals surface area contributed by atoms with Crippen molar-refractivity contribution >= 4 is 17.2 Å². The van der Waals surface area contributed by atoms with Crippen molar-refractivity contribution in [2.45, 2.75) is 100 Å². The summed E-state index contributed by atoms with van der Waals surface area (Å²) in [7, 11) is -2.99. The number of hydrogen-bond donors (Lipinski definition) is 0. The molecule has 4 rings (SSSR count). The predicted molar refractivity (Wildman–Crippen MR) is 169 cm³/mol. The number of hydrogen-bond acceptors (Lipinski definition) is 6. The van der Waals surface area contributed by atoms with E-state index >= 15 is 0 Å². The molecule has 6 nitrogen and oxygen atoms in total. The Hall–Kier alpha value is -1.00. The summed E-state index contributed by atoms with van der Waals surface area (Å²) >= 11 is 0. The summed E-state index contributed by atoms with van der Waals surface area (Å²) in [6.07, 6.45) is 5.31. The minimum atomic E-state index is -1.51. The van der Waals surface area contributed by atoms with Crippen LogP contribution in [0.2, 0.25) is 0 Å². The first-order chi connectivity index (χ1) is 18.8. The average Bonchev–Trinajstić information content (AvgIpc) is 2.85. The van der Waals surface area contributed by atoms with E-state index in [4.69, 9.17) is 27.1 Å². The van der Waals surface area contributed by atoms with Gasteiger partial charge in [0.15, 0.2) is 0 Å². The standard InChI is InChI=1S/C33H52O6P2/c1-29(2,3)23-13-15-27(25(17-23)31(7,8)9)38-40-34-19-33(20-35-40)21-36-41(37-22-33)39-28-16-14-24(30(4,5)6)18-26(28)32(10,11)12/h13-17,26H,18-22H2,1-12H3. The van der Waals surface area contributed by atoms with Gasteiger partial charge in [-0.1, -0.05) is 107 Å². The molecule has 0 saturated carbocycles. The number of rotatable bonds is 4. The molecule has 0 radical (unpaired) electrons. The minimum absolute atomic E-state index is 0.0606. The second-order valence-electron chi connectivity index (χ2n) is 16.1. The quantitative estimate of drug-likeness (QED) is 0.318. The summed E-state index contributed by atoms with van der Waals surface area (Å²) in [6.45, 7) is 28.8. The molecule has 3 aliphatic rings. The van der Waals surface area contributed by atoms with Gasteiger partial charge in [-0.15, -0.1) is 0 Å². The zero-order chi connectivity index (χ0) is 30.4. The molecule has 1 aromatic rings. The molecule has 1 unspecified atom stereocenters. The molecule has 2 aliphatic heterocycles. The first kappa shape index (κ1) is 32.9. The monoisotopic (exact) mass is 606 g/mol. The van der Waals surface area contributed by atoms with Crippen LogP contribution in [0, 0.1) is 22.2 Å². The van der Waals surface area contributed by atoms with Crippen LogP contribution >= 0.6 is 17.2 Å². The second kappa shape index (κ2) is 11.8. The zero-order valence-electron chi connectivity index (χ0n) is 27.3. The molecular weight excluding hydrogens is 554 g/mol. The van der Waals surface area contributed by atoms with Crippen LogP contribution in [0.25, 0.3) is 0 Å². The van der Waals surface area contributed by atoms with Gasteiger partial charge < -0.3 is 27.1 Å². The third-order valence-corrected chi connectivity index (χ3v) is 10.2. The fourth-order valence-corrected chi connectivity index (χ4v) is 7.64. The highest BCUT2D eigenvalue weighted by Crippen LogP contribution is 2.56. The Labute approximate surface area is 251 Å². The molecule has 1 spiro atoms. The lowest BCUT2D eigenvalue weighted by Gasteiger charge is -2.43. The fourth-order valence-electron chi connectivity index (χ4n) is 5.09. The van der Waals surface area contributed by atoms with Gasteiger partial charge in [-0.05, 0) is 45.8 Å². The Bertz CT molecular complexity index is 1130. The molecular formula is C33H52O6P2. The number of benzene rings is 1. The Morgan fingerprint density at radius 1 is 0.683 bits per heavy atom. The third-order valence-electron chi connectivity index (χ3n) is 8.14. The highest BCUT2D eigenvalue weighted by atomic mass is 31.2. The van der Waals surface area contributed by atoms with Gasteiger partial charge in [-0.3, -0.25) is 0 Å². The maximum absolute atomic E-state index is 6.38. The Kier molecular flexibility index (Phi) is 9.49. The molecule has 0 N–H and O–H groups in total. The summed E-state index contributed by atoms with van der Waals surface area (Å²) in [5.41, 5.74) is 3.70. The summed E-state index contributed by atoms with van der Waals surface area (Å²) < 4.78 is 37.3. The van der Waals surface area contributed by atoms with Crippen molar-refractivity contribution < 1.29 is 27.1 Å². The van der Waals surface area contributed by atoms with E-state index in [1.807, 2.05) is 0 Å². The van der Waals surface area contributed by atoms with Crippen LogP contribution < -0.4 is 4.52 Å². The predicted octanol–water partition coefficient (Wildman–Crippen LogP) is 10.1. The zero-order valence-corrected chi connectivity index (χ0v) is 29.1. The molecule has 2 saturated heterocycles. The molecule has 8 heteroatoms. The van der Waals surface area contributed by atoms with E-state index in [2.05, 4.69) is 113 Å². The molecule has 41 heavy (non-hydrogen) atoms. The van der Waals surface area contributed by atoms with Gasteiger partial charge in [-0.2, -0.15) is 0 Å². The molecule has 1 aromatic carbocycles. The van der Waals surface area contributed by atoms with Gasteiger partial charge in [0, 0.05) is 11.5 Å². The summed E-state index contributed by atoms with van der Waals surface area (Å²) in [6, 6.07) is 6.46. The largest absolute Gasteiger partial charge is 0.431 e. The van der Waals surface area contributed by atoms with Crippen molar-refractivity contribution in [2.75, 3.05) is 26.4 Å². The smallest absolute Gasteiger partial charge is 0.397 e. The number of allylic oxidation sites excluding steroid dienone is 4. The SMILES string of the molecule is CC(C)(C)C1=CC=C(OP2OCC3(CO2)COP(Oc2ccc(C(C)(C)C)cc2C(C)(C)C)OC3)C(C(C)(C)C)C1. The molecule has 0 aromatic heterocycles. The van der Waals surface area contributed by atoms with Crippen LogP contribution in [0.15, 0.2) is 41.7 Å². The molecule has 1 aliphatic carbocycles. The van der Waals surface area contributed by atoms with E-state index in [-0.39, 0.29) is 33.0 Å². The highest BCUT2D eigenvalue weighted by molar-refractivity contribution is 7.42.